The van der Waals surface area contributed by atoms with Crippen molar-refractivity contribution in [3.8, 4) is 10.8 Å². The summed E-state index contributed by atoms with van der Waals surface area (Å²) in [7, 11) is 0. The summed E-state index contributed by atoms with van der Waals surface area (Å²) < 4.78 is 0. The summed E-state index contributed by atoms with van der Waals surface area (Å²) in [4.78, 5) is 39.2. The number of rotatable bonds is 3. The predicted molar refractivity (Wildman–Crippen MR) is 88.7 cm³/mol. The minimum absolute atomic E-state index is 0.161. The lowest BCUT2D eigenvalue weighted by Gasteiger charge is -2.37. The first-order valence-corrected chi connectivity index (χ1v) is 8.59. The van der Waals surface area contributed by atoms with E-state index in [0.29, 0.717) is 40.8 Å². The molecule has 1 N–H and O–H groups in total. The molecule has 0 aromatic carbocycles. The molecular formula is C16H18N4O3S. The Morgan fingerprint density at radius 1 is 1.33 bits per heavy atom. The molecule has 2 aromatic rings. The molecule has 1 aliphatic heterocycles. The molecule has 1 fully saturated rings. The number of nitrogens with zero attached hydrogens (tertiary/aromatic N) is 4. The lowest BCUT2D eigenvalue weighted by molar-refractivity contribution is -0.144. The van der Waals surface area contributed by atoms with Gasteiger partial charge in [-0.05, 0) is 32.8 Å². The summed E-state index contributed by atoms with van der Waals surface area (Å²) in [6.07, 6.45) is 4.56. The van der Waals surface area contributed by atoms with Crippen LogP contribution < -0.4 is 0 Å². The van der Waals surface area contributed by atoms with Crippen LogP contribution in [0, 0.1) is 12.8 Å². The third kappa shape index (κ3) is 3.01. The van der Waals surface area contributed by atoms with Gasteiger partial charge in [-0.15, -0.1) is 11.3 Å². The van der Waals surface area contributed by atoms with Gasteiger partial charge in [0.1, 0.15) is 4.88 Å². The molecular weight excluding hydrogens is 328 g/mol. The number of carboxylic acid groups (broad SMARTS) is 1. The zero-order chi connectivity index (χ0) is 17.3. The molecule has 3 heterocycles. The SMILES string of the molecule is Cc1nc(-c2ncccn2)sc1C(=O)N1CCC[C@@H](C(=O)O)[C@H]1C. The number of likely N-dealkylation sites (tertiary alicyclic amines) is 1. The molecule has 3 rings (SSSR count). The number of carboxylic acids is 1. The first kappa shape index (κ1) is 16.5. The molecule has 0 bridgehead atoms. The van der Waals surface area contributed by atoms with Crippen LogP contribution in [-0.4, -0.2) is 49.4 Å². The van der Waals surface area contributed by atoms with E-state index in [0.717, 1.165) is 0 Å². The molecule has 2 aromatic heterocycles. The Hall–Kier alpha value is -2.35. The van der Waals surface area contributed by atoms with Crippen molar-refractivity contribution in [3.05, 3.63) is 29.0 Å². The number of aliphatic carboxylic acids is 1. The van der Waals surface area contributed by atoms with E-state index in [1.807, 2.05) is 0 Å². The van der Waals surface area contributed by atoms with E-state index in [1.165, 1.54) is 11.3 Å². The zero-order valence-corrected chi connectivity index (χ0v) is 14.3. The molecule has 1 amide bonds. The molecule has 8 heteroatoms. The topological polar surface area (TPSA) is 96.3 Å². The van der Waals surface area contributed by atoms with Crippen LogP contribution in [0.4, 0.5) is 0 Å². The highest BCUT2D eigenvalue weighted by molar-refractivity contribution is 7.17. The number of aromatic nitrogens is 3. The smallest absolute Gasteiger partial charge is 0.308 e. The van der Waals surface area contributed by atoms with Gasteiger partial charge in [-0.1, -0.05) is 0 Å². The van der Waals surface area contributed by atoms with E-state index >= 15 is 0 Å². The van der Waals surface area contributed by atoms with Gasteiger partial charge in [-0.2, -0.15) is 0 Å². The van der Waals surface area contributed by atoms with Gasteiger partial charge in [0.05, 0.1) is 11.6 Å². The summed E-state index contributed by atoms with van der Waals surface area (Å²) in [6, 6.07) is 1.39. The number of hydrogen-bond acceptors (Lipinski definition) is 6. The van der Waals surface area contributed by atoms with Crippen LogP contribution in [0.5, 0.6) is 0 Å². The second-order valence-corrected chi connectivity index (χ2v) is 6.83. The van der Waals surface area contributed by atoms with Crippen molar-refractivity contribution < 1.29 is 14.7 Å². The first-order chi connectivity index (χ1) is 11.5. The summed E-state index contributed by atoms with van der Waals surface area (Å²) in [5.74, 6) is -1.04. The van der Waals surface area contributed by atoms with Crippen LogP contribution in [0.25, 0.3) is 10.8 Å². The average Bonchev–Trinajstić information content (AvgIpc) is 2.97. The zero-order valence-electron chi connectivity index (χ0n) is 13.5. The van der Waals surface area contributed by atoms with Crippen molar-refractivity contribution in [3.63, 3.8) is 0 Å². The number of carbonyl (C=O) groups is 2. The van der Waals surface area contributed by atoms with Gasteiger partial charge in [0.25, 0.3) is 5.91 Å². The van der Waals surface area contributed by atoms with E-state index in [9.17, 15) is 14.7 Å². The molecule has 126 valence electrons. The van der Waals surface area contributed by atoms with E-state index in [2.05, 4.69) is 15.0 Å². The minimum Gasteiger partial charge on any atom is -0.481 e. The Balaban J connectivity index is 1.88. The van der Waals surface area contributed by atoms with Crippen LogP contribution in [0.2, 0.25) is 0 Å². The number of carbonyl (C=O) groups excluding carboxylic acids is 1. The molecule has 7 nitrogen and oxygen atoms in total. The minimum atomic E-state index is -0.848. The quantitative estimate of drug-likeness (QED) is 0.915. The fourth-order valence-electron chi connectivity index (χ4n) is 2.99. The molecule has 0 aliphatic carbocycles. The number of hydrogen-bond donors (Lipinski definition) is 1. The van der Waals surface area contributed by atoms with Gasteiger partial charge in [0, 0.05) is 25.0 Å². The summed E-state index contributed by atoms with van der Waals surface area (Å²) in [5.41, 5.74) is 0.622. The van der Waals surface area contributed by atoms with Gasteiger partial charge in [0.15, 0.2) is 10.8 Å². The first-order valence-electron chi connectivity index (χ1n) is 7.77. The van der Waals surface area contributed by atoms with Crippen molar-refractivity contribution >= 4 is 23.2 Å². The predicted octanol–water partition coefficient (Wildman–Crippen LogP) is 2.23. The van der Waals surface area contributed by atoms with Gasteiger partial charge in [-0.25, -0.2) is 15.0 Å². The Morgan fingerprint density at radius 3 is 2.71 bits per heavy atom. The van der Waals surface area contributed by atoms with Crippen molar-refractivity contribution in [1.29, 1.82) is 0 Å². The maximum absolute atomic E-state index is 12.9. The van der Waals surface area contributed by atoms with Gasteiger partial charge < -0.3 is 10.0 Å². The average molecular weight is 346 g/mol. The largest absolute Gasteiger partial charge is 0.481 e. The third-order valence-electron chi connectivity index (χ3n) is 4.31. The number of aryl methyl sites for hydroxylation is 1. The fourth-order valence-corrected chi connectivity index (χ4v) is 3.96. The molecule has 0 saturated carbocycles. The molecule has 1 aliphatic rings. The highest BCUT2D eigenvalue weighted by Crippen LogP contribution is 2.30. The summed E-state index contributed by atoms with van der Waals surface area (Å²) in [6.45, 7) is 4.14. The van der Waals surface area contributed by atoms with Crippen molar-refractivity contribution in [2.24, 2.45) is 5.92 Å². The molecule has 0 radical (unpaired) electrons. The van der Waals surface area contributed by atoms with Crippen molar-refractivity contribution in [2.75, 3.05) is 6.54 Å². The molecule has 1 saturated heterocycles. The van der Waals surface area contributed by atoms with Crippen molar-refractivity contribution in [2.45, 2.75) is 32.7 Å². The van der Waals surface area contributed by atoms with Crippen LogP contribution in [0.3, 0.4) is 0 Å². The molecule has 0 unspecified atom stereocenters. The van der Waals surface area contributed by atoms with Gasteiger partial charge in [-0.3, -0.25) is 9.59 Å². The summed E-state index contributed by atoms with van der Waals surface area (Å²) >= 11 is 1.25. The highest BCUT2D eigenvalue weighted by atomic mass is 32.1. The standard InChI is InChI=1S/C16H18N4O3S/c1-9-12(24-14(19-9)13-17-6-4-7-18-13)15(21)20-8-3-5-11(10(20)2)16(22)23/h4,6-7,10-11H,3,5,8H2,1-2H3,(H,22,23)/t10-,11-/m1/s1. The second kappa shape index (κ2) is 6.64. The number of thiazole rings is 1. The Labute approximate surface area is 143 Å². The number of piperidine rings is 1. The second-order valence-electron chi connectivity index (χ2n) is 5.83. The Morgan fingerprint density at radius 2 is 2.04 bits per heavy atom. The van der Waals surface area contributed by atoms with E-state index < -0.39 is 11.9 Å². The Bertz CT molecular complexity index is 762. The lowest BCUT2D eigenvalue weighted by Crippen LogP contribution is -2.49. The Kier molecular flexibility index (Phi) is 4.57. The highest BCUT2D eigenvalue weighted by Gasteiger charge is 2.36. The van der Waals surface area contributed by atoms with Crippen LogP contribution in [0.1, 0.15) is 35.1 Å². The summed E-state index contributed by atoms with van der Waals surface area (Å²) in [5, 5.41) is 9.92. The fraction of sp³-hybridized carbons (Fsp3) is 0.438. The van der Waals surface area contributed by atoms with E-state index in [-0.39, 0.29) is 11.9 Å². The van der Waals surface area contributed by atoms with Crippen LogP contribution in [-0.2, 0) is 4.79 Å². The normalized spacial score (nSPS) is 20.8. The van der Waals surface area contributed by atoms with Crippen molar-refractivity contribution in [1.82, 2.24) is 19.9 Å². The molecule has 0 spiro atoms. The maximum Gasteiger partial charge on any atom is 0.308 e. The monoisotopic (exact) mass is 346 g/mol. The molecule has 24 heavy (non-hydrogen) atoms. The lowest BCUT2D eigenvalue weighted by atomic mass is 9.90. The third-order valence-corrected chi connectivity index (χ3v) is 5.46. The van der Waals surface area contributed by atoms with E-state index in [4.69, 9.17) is 0 Å². The molecule has 2 atom stereocenters. The van der Waals surface area contributed by atoms with E-state index in [1.54, 1.807) is 37.2 Å². The van der Waals surface area contributed by atoms with Gasteiger partial charge in [0.2, 0.25) is 0 Å². The number of amides is 1. The maximum atomic E-state index is 12.9. The van der Waals surface area contributed by atoms with Gasteiger partial charge >= 0.3 is 5.97 Å². The van der Waals surface area contributed by atoms with Crippen LogP contribution in [0.15, 0.2) is 18.5 Å². The van der Waals surface area contributed by atoms with Crippen LogP contribution >= 0.6 is 11.3 Å².